The Morgan fingerprint density at radius 1 is 1.08 bits per heavy atom. The van der Waals surface area contributed by atoms with E-state index in [1.165, 1.54) is 13.0 Å². The van der Waals surface area contributed by atoms with Crippen LogP contribution in [-0.4, -0.2) is 14.3 Å². The topological polar surface area (TPSA) is 75.3 Å². The van der Waals surface area contributed by atoms with Crippen molar-refractivity contribution >= 4 is 38.9 Å². The Morgan fingerprint density at radius 2 is 1.73 bits per heavy atom. The van der Waals surface area contributed by atoms with E-state index >= 15 is 0 Å². The van der Waals surface area contributed by atoms with Crippen molar-refractivity contribution in [1.29, 1.82) is 0 Å². The molecule has 0 unspecified atom stereocenters. The molecule has 0 radical (unpaired) electrons. The fourth-order valence-corrected chi connectivity index (χ4v) is 3.98. The highest BCUT2D eigenvalue weighted by atomic mass is 35.5. The van der Waals surface area contributed by atoms with Crippen molar-refractivity contribution in [2.75, 3.05) is 10.0 Å². The number of aryl methyl sites for hydroxylation is 1. The number of hydrogen-bond donors (Lipinski definition) is 2. The lowest BCUT2D eigenvalue weighted by atomic mass is 9.87. The number of nitrogens with one attached hydrogen (secondary N) is 2. The van der Waals surface area contributed by atoms with Gasteiger partial charge in [-0.25, -0.2) is 8.42 Å². The molecule has 0 aliphatic heterocycles. The minimum absolute atomic E-state index is 0.165. The fourth-order valence-electron chi connectivity index (χ4n) is 2.44. The van der Waals surface area contributed by atoms with Gasteiger partial charge in [0.2, 0.25) is 5.91 Å². The first-order valence-corrected chi connectivity index (χ1v) is 9.97. The summed E-state index contributed by atoms with van der Waals surface area (Å²) < 4.78 is 28.3. The van der Waals surface area contributed by atoms with Gasteiger partial charge in [-0.05, 0) is 47.7 Å². The van der Waals surface area contributed by atoms with Crippen LogP contribution in [0.15, 0.2) is 41.3 Å². The third kappa shape index (κ3) is 4.77. The van der Waals surface area contributed by atoms with E-state index < -0.39 is 10.0 Å². The molecule has 0 aliphatic rings. The van der Waals surface area contributed by atoms with Gasteiger partial charge in [0.1, 0.15) is 0 Å². The van der Waals surface area contributed by atoms with Crippen LogP contribution in [0.4, 0.5) is 11.4 Å². The predicted octanol–water partition coefficient (Wildman–Crippen LogP) is 4.71. The van der Waals surface area contributed by atoms with Crippen LogP contribution in [0.2, 0.25) is 5.02 Å². The maximum atomic E-state index is 12.9. The molecule has 2 aromatic rings. The van der Waals surface area contributed by atoms with Crippen LogP contribution in [0.25, 0.3) is 0 Å². The third-order valence-electron chi connectivity index (χ3n) is 3.88. The number of benzene rings is 2. The van der Waals surface area contributed by atoms with Crippen molar-refractivity contribution in [2.45, 2.75) is 44.9 Å². The molecule has 0 fully saturated rings. The quantitative estimate of drug-likeness (QED) is 0.788. The Hall–Kier alpha value is -2.05. The number of halogens is 1. The average Bonchev–Trinajstić information content (AvgIpc) is 2.48. The van der Waals surface area contributed by atoms with Crippen LogP contribution in [0, 0.1) is 6.92 Å². The van der Waals surface area contributed by atoms with Gasteiger partial charge in [0, 0.05) is 6.92 Å². The Balaban J connectivity index is 2.38. The summed E-state index contributed by atoms with van der Waals surface area (Å²) in [5.74, 6) is -0.255. The number of rotatable bonds is 4. The molecule has 5 nitrogen and oxygen atoms in total. The Morgan fingerprint density at radius 3 is 2.27 bits per heavy atom. The molecule has 140 valence electrons. The largest absolute Gasteiger partial charge is 0.325 e. The highest BCUT2D eigenvalue weighted by Gasteiger charge is 2.21. The molecular formula is C19H23ClN2O3S. The first-order chi connectivity index (χ1) is 11.9. The van der Waals surface area contributed by atoms with Crippen LogP contribution in [-0.2, 0) is 20.2 Å². The minimum atomic E-state index is -3.78. The average molecular weight is 395 g/mol. The molecular weight excluding hydrogens is 372 g/mol. The van der Waals surface area contributed by atoms with Crippen LogP contribution in [0.3, 0.4) is 0 Å². The lowest BCUT2D eigenvalue weighted by Crippen LogP contribution is -2.17. The van der Waals surface area contributed by atoms with Gasteiger partial charge in [0.15, 0.2) is 0 Å². The van der Waals surface area contributed by atoms with Gasteiger partial charge in [0.05, 0.1) is 21.3 Å². The highest BCUT2D eigenvalue weighted by Crippen LogP contribution is 2.30. The van der Waals surface area contributed by atoms with Crippen molar-refractivity contribution < 1.29 is 13.2 Å². The molecule has 2 aromatic carbocycles. The summed E-state index contributed by atoms with van der Waals surface area (Å²) in [6, 6.07) is 10.0. The standard InChI is InChI=1S/C19H23ClN2O3S/c1-12-6-7-14(19(3,4)5)10-18(12)26(24,25)22-15-8-9-17(16(20)11-15)21-13(2)23/h6-11,22H,1-5H3,(H,21,23). The zero-order valence-electron chi connectivity index (χ0n) is 15.5. The SMILES string of the molecule is CC(=O)Nc1ccc(NS(=O)(=O)c2cc(C(C)(C)C)ccc2C)cc1Cl. The monoisotopic (exact) mass is 394 g/mol. The minimum Gasteiger partial charge on any atom is -0.325 e. The number of anilines is 2. The number of amides is 1. The molecule has 2 N–H and O–H groups in total. The Labute approximate surface area is 159 Å². The molecule has 0 aliphatic carbocycles. The second kappa shape index (κ2) is 7.29. The second-order valence-corrected chi connectivity index (χ2v) is 9.27. The maximum absolute atomic E-state index is 12.9. The van der Waals surface area contributed by atoms with Crippen molar-refractivity contribution in [3.8, 4) is 0 Å². The van der Waals surface area contributed by atoms with Gasteiger partial charge in [-0.15, -0.1) is 0 Å². The molecule has 0 spiro atoms. The molecule has 0 atom stereocenters. The van der Waals surface area contributed by atoms with Crippen molar-refractivity contribution in [3.05, 3.63) is 52.5 Å². The summed E-state index contributed by atoms with van der Waals surface area (Å²) in [5.41, 5.74) is 2.17. The van der Waals surface area contributed by atoms with Crippen LogP contribution < -0.4 is 10.0 Å². The van der Waals surface area contributed by atoms with Gasteiger partial charge < -0.3 is 5.32 Å². The number of carbonyl (C=O) groups excluding carboxylic acids is 1. The van der Waals surface area contributed by atoms with E-state index in [9.17, 15) is 13.2 Å². The normalized spacial score (nSPS) is 11.9. The molecule has 2 rings (SSSR count). The van der Waals surface area contributed by atoms with Crippen molar-refractivity contribution in [2.24, 2.45) is 0 Å². The van der Waals surface area contributed by atoms with E-state index in [0.717, 1.165) is 5.56 Å². The van der Waals surface area contributed by atoms with Gasteiger partial charge in [-0.2, -0.15) is 0 Å². The zero-order chi connectivity index (χ0) is 19.7. The van der Waals surface area contributed by atoms with E-state index in [1.54, 1.807) is 25.1 Å². The molecule has 0 saturated heterocycles. The van der Waals surface area contributed by atoms with Crippen molar-refractivity contribution in [1.82, 2.24) is 0 Å². The van der Waals surface area contributed by atoms with Gasteiger partial charge in [-0.1, -0.05) is 44.5 Å². The van der Waals surface area contributed by atoms with E-state index in [-0.39, 0.29) is 21.2 Å². The first kappa shape index (κ1) is 20.3. The van der Waals surface area contributed by atoms with Gasteiger partial charge >= 0.3 is 0 Å². The molecule has 0 aromatic heterocycles. The Bertz CT molecular complexity index is 948. The van der Waals surface area contributed by atoms with Crippen LogP contribution in [0.1, 0.15) is 38.8 Å². The summed E-state index contributed by atoms with van der Waals surface area (Å²) in [4.78, 5) is 11.4. The third-order valence-corrected chi connectivity index (χ3v) is 5.71. The molecule has 0 heterocycles. The summed E-state index contributed by atoms with van der Waals surface area (Å²) in [6.07, 6.45) is 0. The fraction of sp³-hybridized carbons (Fsp3) is 0.316. The molecule has 26 heavy (non-hydrogen) atoms. The number of carbonyl (C=O) groups is 1. The highest BCUT2D eigenvalue weighted by molar-refractivity contribution is 7.92. The summed E-state index contributed by atoms with van der Waals surface area (Å²) >= 11 is 6.12. The maximum Gasteiger partial charge on any atom is 0.262 e. The van der Waals surface area contributed by atoms with E-state index in [4.69, 9.17) is 11.6 Å². The lowest BCUT2D eigenvalue weighted by Gasteiger charge is -2.21. The van der Waals surface area contributed by atoms with E-state index in [2.05, 4.69) is 10.0 Å². The molecule has 0 saturated carbocycles. The van der Waals surface area contributed by atoms with E-state index in [1.807, 2.05) is 32.9 Å². The molecule has 0 bridgehead atoms. The number of hydrogen-bond acceptors (Lipinski definition) is 3. The summed E-state index contributed by atoms with van der Waals surface area (Å²) in [7, 11) is -3.78. The van der Waals surface area contributed by atoms with Crippen LogP contribution in [0.5, 0.6) is 0 Å². The molecule has 7 heteroatoms. The smallest absolute Gasteiger partial charge is 0.262 e. The molecule has 1 amide bonds. The van der Waals surface area contributed by atoms with Gasteiger partial charge in [0.25, 0.3) is 10.0 Å². The number of sulfonamides is 1. The van der Waals surface area contributed by atoms with Crippen LogP contribution >= 0.6 is 11.6 Å². The lowest BCUT2D eigenvalue weighted by molar-refractivity contribution is -0.114. The Kier molecular flexibility index (Phi) is 5.68. The van der Waals surface area contributed by atoms with Crippen molar-refractivity contribution in [3.63, 3.8) is 0 Å². The second-order valence-electron chi connectivity index (χ2n) is 7.21. The van der Waals surface area contributed by atoms with E-state index in [0.29, 0.717) is 16.9 Å². The first-order valence-electron chi connectivity index (χ1n) is 8.11. The predicted molar refractivity (Wildman–Crippen MR) is 106 cm³/mol. The summed E-state index contributed by atoms with van der Waals surface area (Å²) in [6.45, 7) is 9.22. The summed E-state index contributed by atoms with van der Waals surface area (Å²) in [5, 5.41) is 2.83. The van der Waals surface area contributed by atoms with Gasteiger partial charge in [-0.3, -0.25) is 9.52 Å². The zero-order valence-corrected chi connectivity index (χ0v) is 17.0.